The monoisotopic (exact) mass is 337 g/mol. The molecule has 0 spiro atoms. The van der Waals surface area contributed by atoms with Gasteiger partial charge in [0, 0.05) is 18.7 Å². The number of rotatable bonds is 2. The lowest BCUT2D eigenvalue weighted by molar-refractivity contribution is 0.191. The molecule has 0 bridgehead atoms. The van der Waals surface area contributed by atoms with Gasteiger partial charge in [0.15, 0.2) is 0 Å². The lowest BCUT2D eigenvalue weighted by Gasteiger charge is -2.34. The van der Waals surface area contributed by atoms with E-state index in [0.717, 1.165) is 29.1 Å². The lowest BCUT2D eigenvalue weighted by Crippen LogP contribution is -2.43. The molecule has 1 unspecified atom stereocenters. The van der Waals surface area contributed by atoms with Crippen LogP contribution in [-0.2, 0) is 6.42 Å². The van der Waals surface area contributed by atoms with E-state index < -0.39 is 0 Å². The van der Waals surface area contributed by atoms with E-state index in [4.69, 9.17) is 4.42 Å². The van der Waals surface area contributed by atoms with Crippen molar-refractivity contribution in [1.29, 1.82) is 0 Å². The van der Waals surface area contributed by atoms with Crippen LogP contribution < -0.4 is 5.32 Å². The average molecular weight is 337 g/mol. The van der Waals surface area contributed by atoms with Gasteiger partial charge in [0.2, 0.25) is 0 Å². The van der Waals surface area contributed by atoms with Crippen molar-refractivity contribution in [2.75, 3.05) is 11.9 Å². The largest absolute Gasteiger partial charge is 0.428 e. The fourth-order valence-corrected chi connectivity index (χ4v) is 3.16. The van der Waals surface area contributed by atoms with Crippen molar-refractivity contribution >= 4 is 12.0 Å². The second-order valence-electron chi connectivity index (χ2n) is 6.11. The number of urea groups is 1. The minimum absolute atomic E-state index is 0.222. The third-order valence-electron chi connectivity index (χ3n) is 4.54. The molecular formula is C18H19N5O2. The summed E-state index contributed by atoms with van der Waals surface area (Å²) in [5.41, 5.74) is 3.74. The summed E-state index contributed by atoms with van der Waals surface area (Å²) >= 11 is 0. The number of aromatic nitrogens is 3. The molecule has 0 saturated heterocycles. The first kappa shape index (κ1) is 15.4. The van der Waals surface area contributed by atoms with E-state index in [1.165, 1.54) is 0 Å². The number of aromatic amines is 1. The van der Waals surface area contributed by atoms with Gasteiger partial charge >= 0.3 is 12.0 Å². The van der Waals surface area contributed by atoms with E-state index in [0.29, 0.717) is 12.3 Å². The molecule has 1 atom stereocenters. The molecule has 128 valence electrons. The highest BCUT2D eigenvalue weighted by Crippen LogP contribution is 2.33. The van der Waals surface area contributed by atoms with Crippen molar-refractivity contribution in [3.8, 4) is 0 Å². The normalized spacial score (nSPS) is 16.6. The summed E-state index contributed by atoms with van der Waals surface area (Å²) < 4.78 is 5.48. The van der Waals surface area contributed by atoms with Crippen molar-refractivity contribution in [3.05, 3.63) is 65.1 Å². The average Bonchev–Trinajstić information content (AvgIpc) is 3.21. The Morgan fingerprint density at radius 1 is 1.32 bits per heavy atom. The quantitative estimate of drug-likeness (QED) is 0.752. The van der Waals surface area contributed by atoms with Crippen molar-refractivity contribution in [2.45, 2.75) is 26.3 Å². The summed E-state index contributed by atoms with van der Waals surface area (Å²) in [5.74, 6) is 0.697. The smallest absolute Gasteiger partial charge is 0.326 e. The number of benzene rings is 1. The molecule has 0 aliphatic carbocycles. The molecule has 2 amide bonds. The maximum Gasteiger partial charge on any atom is 0.326 e. The maximum absolute atomic E-state index is 12.9. The summed E-state index contributed by atoms with van der Waals surface area (Å²) in [6, 6.07) is 9.64. The zero-order valence-electron chi connectivity index (χ0n) is 14.1. The van der Waals surface area contributed by atoms with Gasteiger partial charge in [-0.15, -0.1) is 0 Å². The Labute approximate surface area is 145 Å². The van der Waals surface area contributed by atoms with E-state index in [1.807, 2.05) is 44.2 Å². The number of nitrogens with one attached hydrogen (secondary N) is 2. The summed E-state index contributed by atoms with van der Waals surface area (Å²) in [5, 5.41) is 2.77. The van der Waals surface area contributed by atoms with E-state index >= 15 is 0 Å². The molecule has 2 N–H and O–H groups in total. The highest BCUT2D eigenvalue weighted by molar-refractivity contribution is 5.88. The number of amides is 2. The SMILES string of the molecule is Cc1nc(NC(=O)N2CCc3[nH]cnc3C2c2ccccc2)oc1C. The van der Waals surface area contributed by atoms with Gasteiger partial charge < -0.3 is 14.3 Å². The second kappa shape index (κ2) is 6.08. The molecular weight excluding hydrogens is 318 g/mol. The fraction of sp³-hybridized carbons (Fsp3) is 0.278. The van der Waals surface area contributed by atoms with Crippen LogP contribution in [0.1, 0.15) is 34.4 Å². The first-order chi connectivity index (χ1) is 12.1. The van der Waals surface area contributed by atoms with Crippen molar-refractivity contribution in [1.82, 2.24) is 19.9 Å². The second-order valence-corrected chi connectivity index (χ2v) is 6.11. The summed E-state index contributed by atoms with van der Waals surface area (Å²) in [7, 11) is 0. The first-order valence-corrected chi connectivity index (χ1v) is 8.22. The van der Waals surface area contributed by atoms with Crippen LogP contribution in [0.4, 0.5) is 10.8 Å². The summed E-state index contributed by atoms with van der Waals surface area (Å²) in [6.07, 6.45) is 2.42. The van der Waals surface area contributed by atoms with E-state index in [-0.39, 0.29) is 18.1 Å². The van der Waals surface area contributed by atoms with Gasteiger partial charge in [-0.25, -0.2) is 9.78 Å². The number of aryl methyl sites for hydroxylation is 2. The molecule has 4 rings (SSSR count). The standard InChI is InChI=1S/C18H19N5O2/c1-11-12(2)25-17(21-11)22-18(24)23-9-8-14-15(20-10-19-14)16(23)13-6-4-3-5-7-13/h3-7,10,16H,8-9H2,1-2H3,(H,19,20)(H,21,22,24). The molecule has 1 aliphatic rings. The summed E-state index contributed by atoms with van der Waals surface area (Å²) in [6.45, 7) is 4.25. The Morgan fingerprint density at radius 2 is 2.12 bits per heavy atom. The lowest BCUT2D eigenvalue weighted by atomic mass is 9.96. The van der Waals surface area contributed by atoms with Gasteiger partial charge in [-0.3, -0.25) is 5.32 Å². The summed E-state index contributed by atoms with van der Waals surface area (Å²) in [4.78, 5) is 26.5. The van der Waals surface area contributed by atoms with Crippen LogP contribution in [0.3, 0.4) is 0 Å². The van der Waals surface area contributed by atoms with Gasteiger partial charge in [0.1, 0.15) is 11.8 Å². The number of fused-ring (bicyclic) bond motifs is 1. The van der Waals surface area contributed by atoms with Crippen LogP contribution in [-0.4, -0.2) is 32.4 Å². The molecule has 1 aromatic carbocycles. The van der Waals surface area contributed by atoms with Gasteiger partial charge in [0.25, 0.3) is 0 Å². The van der Waals surface area contributed by atoms with E-state index in [2.05, 4.69) is 20.3 Å². The van der Waals surface area contributed by atoms with Gasteiger partial charge in [0.05, 0.1) is 17.7 Å². The highest BCUT2D eigenvalue weighted by Gasteiger charge is 2.34. The fourth-order valence-electron chi connectivity index (χ4n) is 3.16. The van der Waals surface area contributed by atoms with Crippen LogP contribution in [0.15, 0.2) is 41.1 Å². The predicted octanol–water partition coefficient (Wildman–Crippen LogP) is 3.19. The number of imidazole rings is 1. The van der Waals surface area contributed by atoms with Crippen molar-refractivity contribution in [2.24, 2.45) is 0 Å². The van der Waals surface area contributed by atoms with Crippen molar-refractivity contribution < 1.29 is 9.21 Å². The Kier molecular flexibility index (Phi) is 3.76. The number of carbonyl (C=O) groups is 1. The topological polar surface area (TPSA) is 87.0 Å². The number of carbonyl (C=O) groups excluding carboxylic acids is 1. The van der Waals surface area contributed by atoms with Gasteiger partial charge in [-0.2, -0.15) is 4.98 Å². The molecule has 7 heteroatoms. The number of hydrogen-bond acceptors (Lipinski definition) is 4. The number of hydrogen-bond donors (Lipinski definition) is 2. The number of H-pyrrole nitrogens is 1. The van der Waals surface area contributed by atoms with E-state index in [1.54, 1.807) is 11.2 Å². The maximum atomic E-state index is 12.9. The van der Waals surface area contributed by atoms with Crippen LogP contribution >= 0.6 is 0 Å². The number of anilines is 1. The molecule has 0 radical (unpaired) electrons. The Hall–Kier alpha value is -3.09. The zero-order valence-corrected chi connectivity index (χ0v) is 14.1. The Morgan fingerprint density at radius 3 is 2.84 bits per heavy atom. The van der Waals surface area contributed by atoms with Gasteiger partial charge in [-0.1, -0.05) is 30.3 Å². The molecule has 2 aromatic heterocycles. The number of nitrogens with zero attached hydrogens (tertiary/aromatic N) is 3. The van der Waals surface area contributed by atoms with Crippen LogP contribution in [0.5, 0.6) is 0 Å². The Bertz CT molecular complexity index is 880. The zero-order chi connectivity index (χ0) is 17.4. The number of oxazole rings is 1. The van der Waals surface area contributed by atoms with Crippen LogP contribution in [0.25, 0.3) is 0 Å². The van der Waals surface area contributed by atoms with Gasteiger partial charge in [-0.05, 0) is 19.4 Å². The molecule has 7 nitrogen and oxygen atoms in total. The van der Waals surface area contributed by atoms with Crippen molar-refractivity contribution in [3.63, 3.8) is 0 Å². The third kappa shape index (κ3) is 2.77. The molecule has 0 saturated carbocycles. The molecule has 25 heavy (non-hydrogen) atoms. The minimum atomic E-state index is -0.247. The molecule has 1 aliphatic heterocycles. The van der Waals surface area contributed by atoms with Crippen LogP contribution in [0.2, 0.25) is 0 Å². The highest BCUT2D eigenvalue weighted by atomic mass is 16.4. The predicted molar refractivity (Wildman–Crippen MR) is 92.3 cm³/mol. The first-order valence-electron chi connectivity index (χ1n) is 8.22. The van der Waals surface area contributed by atoms with Crippen LogP contribution in [0, 0.1) is 13.8 Å². The molecule has 3 heterocycles. The molecule has 3 aromatic rings. The Balaban J connectivity index is 1.66. The minimum Gasteiger partial charge on any atom is -0.428 e. The molecule has 0 fully saturated rings. The van der Waals surface area contributed by atoms with E-state index in [9.17, 15) is 4.79 Å². The third-order valence-corrected chi connectivity index (χ3v) is 4.54.